The van der Waals surface area contributed by atoms with Crippen molar-refractivity contribution in [1.29, 1.82) is 0 Å². The van der Waals surface area contributed by atoms with Gasteiger partial charge in [0, 0.05) is 25.7 Å². The molecule has 0 aromatic heterocycles. The lowest BCUT2D eigenvalue weighted by atomic mass is 9.91. The van der Waals surface area contributed by atoms with Gasteiger partial charge >= 0.3 is 12.1 Å². The first kappa shape index (κ1) is 20.4. The summed E-state index contributed by atoms with van der Waals surface area (Å²) in [6.45, 7) is 10.1. The minimum Gasteiger partial charge on any atom is -0.460 e. The third-order valence-electron chi connectivity index (χ3n) is 4.53. The van der Waals surface area contributed by atoms with E-state index < -0.39 is 23.7 Å². The largest absolute Gasteiger partial charge is 0.460 e. The van der Waals surface area contributed by atoms with E-state index in [1.165, 1.54) is 11.0 Å². The summed E-state index contributed by atoms with van der Waals surface area (Å²) in [5.41, 5.74) is -0.721. The molecule has 2 aliphatic rings. The second-order valence-corrected chi connectivity index (χ2v) is 7.82. The van der Waals surface area contributed by atoms with Gasteiger partial charge in [0.1, 0.15) is 12.2 Å². The molecule has 146 valence electrons. The van der Waals surface area contributed by atoms with E-state index in [0.29, 0.717) is 25.6 Å². The molecule has 0 bridgehead atoms. The summed E-state index contributed by atoms with van der Waals surface area (Å²) in [6, 6.07) is -1.60. The Balaban J connectivity index is 2.19. The molecule has 0 N–H and O–H groups in total. The Morgan fingerprint density at radius 2 is 1.96 bits per heavy atom. The van der Waals surface area contributed by atoms with Crippen molar-refractivity contribution >= 4 is 17.8 Å². The summed E-state index contributed by atoms with van der Waals surface area (Å²) in [5.74, 6) is -0.674. The molecule has 2 aliphatic heterocycles. The number of rotatable bonds is 5. The Labute approximate surface area is 154 Å². The Bertz CT molecular complexity index is 547. The highest BCUT2D eigenvalue weighted by molar-refractivity contribution is 6.07. The minimum atomic E-state index is -1.24. The molecule has 2 atom stereocenters. The van der Waals surface area contributed by atoms with Crippen molar-refractivity contribution in [3.8, 4) is 0 Å². The summed E-state index contributed by atoms with van der Waals surface area (Å²) in [5, 5.41) is 0. The lowest BCUT2D eigenvalue weighted by Gasteiger charge is -2.33. The molecule has 0 saturated carbocycles. The van der Waals surface area contributed by atoms with Crippen LogP contribution in [0.4, 0.5) is 4.79 Å². The van der Waals surface area contributed by atoms with Gasteiger partial charge in [-0.05, 0) is 46.0 Å². The molecule has 2 unspecified atom stereocenters. The summed E-state index contributed by atoms with van der Waals surface area (Å²) in [6.07, 6.45) is 3.34. The van der Waals surface area contributed by atoms with E-state index in [1.54, 1.807) is 20.8 Å². The Morgan fingerprint density at radius 1 is 1.31 bits per heavy atom. The Hall–Kier alpha value is -1.89. The first-order valence-corrected chi connectivity index (χ1v) is 9.12. The van der Waals surface area contributed by atoms with Crippen molar-refractivity contribution in [2.45, 2.75) is 64.1 Å². The first-order valence-electron chi connectivity index (χ1n) is 9.12. The zero-order valence-corrected chi connectivity index (χ0v) is 15.9. The number of carbonyl (C=O) groups is 3. The maximum absolute atomic E-state index is 12.7. The molecular weight excluding hydrogens is 338 g/mol. The van der Waals surface area contributed by atoms with E-state index in [0.717, 1.165) is 12.8 Å². The van der Waals surface area contributed by atoms with Crippen molar-refractivity contribution < 1.29 is 28.6 Å². The predicted octanol–water partition coefficient (Wildman–Crippen LogP) is 2.48. The van der Waals surface area contributed by atoms with E-state index in [2.05, 4.69) is 6.58 Å². The van der Waals surface area contributed by atoms with Gasteiger partial charge in [0.05, 0.1) is 0 Å². The van der Waals surface area contributed by atoms with E-state index in [1.807, 2.05) is 0 Å². The molecule has 0 aliphatic carbocycles. The lowest BCUT2D eigenvalue weighted by molar-refractivity contribution is -0.150. The van der Waals surface area contributed by atoms with Gasteiger partial charge in [-0.3, -0.25) is 9.69 Å². The highest BCUT2D eigenvalue weighted by atomic mass is 16.6. The number of hydrogen-bond acceptors (Lipinski definition) is 6. The molecule has 2 saturated heterocycles. The van der Waals surface area contributed by atoms with Crippen LogP contribution in [-0.4, -0.2) is 60.3 Å². The number of amides is 1. The third-order valence-corrected chi connectivity index (χ3v) is 4.53. The Kier molecular flexibility index (Phi) is 6.81. The van der Waals surface area contributed by atoms with Crippen LogP contribution in [0.15, 0.2) is 12.7 Å². The standard InChI is InChI=1S/C19H29NO6/c1-5-8-25-17(22)16-15(21)12-14(11-13-6-9-24-10-7-13)20(16)18(23)26-19(2,3)4/h5,13-14,16H,1,6-12H2,2-4H3. The molecule has 0 aromatic rings. The van der Waals surface area contributed by atoms with E-state index in [-0.39, 0.29) is 24.9 Å². The fraction of sp³-hybridized carbons (Fsp3) is 0.737. The summed E-state index contributed by atoms with van der Waals surface area (Å²) < 4.78 is 15.9. The van der Waals surface area contributed by atoms with Gasteiger partial charge in [0.15, 0.2) is 11.8 Å². The molecule has 2 rings (SSSR count). The SMILES string of the molecule is C=CCOC(=O)C1C(=O)CC(CC2CCOCC2)N1C(=O)OC(C)(C)C. The zero-order chi connectivity index (χ0) is 19.3. The van der Waals surface area contributed by atoms with Gasteiger partial charge in [-0.15, -0.1) is 0 Å². The molecule has 7 heteroatoms. The number of ether oxygens (including phenoxy) is 3. The normalized spacial score (nSPS) is 24.4. The second kappa shape index (κ2) is 8.66. The van der Waals surface area contributed by atoms with Gasteiger partial charge in [0.2, 0.25) is 0 Å². The van der Waals surface area contributed by atoms with Gasteiger partial charge in [-0.25, -0.2) is 9.59 Å². The van der Waals surface area contributed by atoms with Crippen molar-refractivity contribution in [3.05, 3.63) is 12.7 Å². The number of hydrogen-bond donors (Lipinski definition) is 0. The molecule has 7 nitrogen and oxygen atoms in total. The predicted molar refractivity (Wildman–Crippen MR) is 94.6 cm³/mol. The molecule has 26 heavy (non-hydrogen) atoms. The van der Waals surface area contributed by atoms with Crippen LogP contribution in [0, 0.1) is 5.92 Å². The number of Topliss-reactive ketones (excluding diaryl/α,β-unsaturated/α-hetero) is 1. The molecular formula is C19H29NO6. The summed E-state index contributed by atoms with van der Waals surface area (Å²) in [4.78, 5) is 38.9. The van der Waals surface area contributed by atoms with E-state index in [9.17, 15) is 14.4 Å². The van der Waals surface area contributed by atoms with Gasteiger partial charge in [-0.2, -0.15) is 0 Å². The molecule has 2 heterocycles. The summed E-state index contributed by atoms with van der Waals surface area (Å²) in [7, 11) is 0. The number of nitrogens with zero attached hydrogens (tertiary/aromatic N) is 1. The zero-order valence-electron chi connectivity index (χ0n) is 15.9. The van der Waals surface area contributed by atoms with E-state index in [4.69, 9.17) is 14.2 Å². The average Bonchev–Trinajstić information content (AvgIpc) is 2.88. The smallest absolute Gasteiger partial charge is 0.411 e. The Morgan fingerprint density at radius 3 is 2.54 bits per heavy atom. The van der Waals surface area contributed by atoms with Crippen LogP contribution in [0.1, 0.15) is 46.5 Å². The number of carbonyl (C=O) groups excluding carboxylic acids is 3. The maximum Gasteiger partial charge on any atom is 0.411 e. The molecule has 0 radical (unpaired) electrons. The quantitative estimate of drug-likeness (QED) is 0.422. The molecule has 1 amide bonds. The number of ketones is 1. The topological polar surface area (TPSA) is 82.1 Å². The summed E-state index contributed by atoms with van der Waals surface area (Å²) >= 11 is 0. The second-order valence-electron chi connectivity index (χ2n) is 7.82. The van der Waals surface area contributed by atoms with Crippen LogP contribution in [0.25, 0.3) is 0 Å². The van der Waals surface area contributed by atoms with Crippen LogP contribution in [0.2, 0.25) is 0 Å². The van der Waals surface area contributed by atoms with Crippen molar-refractivity contribution in [3.63, 3.8) is 0 Å². The van der Waals surface area contributed by atoms with Gasteiger partial charge in [-0.1, -0.05) is 12.7 Å². The minimum absolute atomic E-state index is 0.00456. The van der Waals surface area contributed by atoms with Gasteiger partial charge in [0.25, 0.3) is 0 Å². The fourth-order valence-corrected chi connectivity index (χ4v) is 3.41. The highest BCUT2D eigenvalue weighted by Crippen LogP contribution is 2.32. The van der Waals surface area contributed by atoms with Crippen molar-refractivity contribution in [2.24, 2.45) is 5.92 Å². The van der Waals surface area contributed by atoms with Crippen LogP contribution < -0.4 is 0 Å². The maximum atomic E-state index is 12.7. The van der Waals surface area contributed by atoms with Crippen LogP contribution in [0.5, 0.6) is 0 Å². The monoisotopic (exact) mass is 367 g/mol. The van der Waals surface area contributed by atoms with Crippen molar-refractivity contribution in [1.82, 2.24) is 4.90 Å². The highest BCUT2D eigenvalue weighted by Gasteiger charge is 2.49. The average molecular weight is 367 g/mol. The third kappa shape index (κ3) is 5.30. The van der Waals surface area contributed by atoms with Crippen LogP contribution in [-0.2, 0) is 23.8 Å². The molecule has 0 spiro atoms. The fourth-order valence-electron chi connectivity index (χ4n) is 3.41. The van der Waals surface area contributed by atoms with Gasteiger partial charge < -0.3 is 14.2 Å². The lowest BCUT2D eigenvalue weighted by Crippen LogP contribution is -2.49. The molecule has 0 aromatic carbocycles. The van der Waals surface area contributed by atoms with E-state index >= 15 is 0 Å². The van der Waals surface area contributed by atoms with Crippen LogP contribution in [0.3, 0.4) is 0 Å². The number of esters is 1. The first-order chi connectivity index (χ1) is 12.2. The molecule has 2 fully saturated rings. The van der Waals surface area contributed by atoms with Crippen molar-refractivity contribution in [2.75, 3.05) is 19.8 Å². The number of likely N-dealkylation sites (tertiary alicyclic amines) is 1. The van der Waals surface area contributed by atoms with Crippen LogP contribution >= 0.6 is 0 Å².